The normalized spacial score (nSPS) is 15.7. The molecule has 3 heteroatoms. The van der Waals surface area contributed by atoms with E-state index < -0.39 is 0 Å². The Morgan fingerprint density at radius 1 is 1.37 bits per heavy atom. The lowest BCUT2D eigenvalue weighted by Gasteiger charge is -2.32. The molecule has 0 spiro atoms. The van der Waals surface area contributed by atoms with Gasteiger partial charge in [-0.2, -0.15) is 5.26 Å². The van der Waals surface area contributed by atoms with Crippen LogP contribution in [0, 0.1) is 24.2 Å². The third kappa shape index (κ3) is 3.47. The molecule has 0 aromatic carbocycles. The van der Waals surface area contributed by atoms with Gasteiger partial charge in [-0.15, -0.1) is 0 Å². The van der Waals surface area contributed by atoms with Crippen molar-refractivity contribution in [2.45, 2.75) is 52.5 Å². The van der Waals surface area contributed by atoms with Crippen LogP contribution in [0.2, 0.25) is 0 Å². The van der Waals surface area contributed by atoms with Gasteiger partial charge in [0.25, 0.3) is 0 Å². The molecule has 3 nitrogen and oxygen atoms in total. The van der Waals surface area contributed by atoms with E-state index in [4.69, 9.17) is 5.26 Å². The van der Waals surface area contributed by atoms with Crippen LogP contribution in [0.15, 0.2) is 12.1 Å². The SMILES string of the molecule is Cc1cc(C#N)cc(N(CC(C)C)C2CCCC2)n1. The average molecular weight is 257 g/mol. The minimum atomic E-state index is 0.600. The van der Waals surface area contributed by atoms with Crippen molar-refractivity contribution in [2.24, 2.45) is 5.92 Å². The molecule has 0 atom stereocenters. The third-order valence-electron chi connectivity index (χ3n) is 3.69. The standard InChI is InChI=1S/C16H23N3/c1-12(2)11-19(15-6-4-5-7-15)16-9-14(10-17)8-13(3)18-16/h8-9,12,15H,4-7,11H2,1-3H3. The van der Waals surface area contributed by atoms with Crippen LogP contribution in [-0.4, -0.2) is 17.6 Å². The van der Waals surface area contributed by atoms with Gasteiger partial charge in [-0.3, -0.25) is 0 Å². The second-order valence-corrected chi connectivity index (χ2v) is 5.95. The van der Waals surface area contributed by atoms with Crippen molar-refractivity contribution in [1.29, 1.82) is 5.26 Å². The monoisotopic (exact) mass is 257 g/mol. The maximum Gasteiger partial charge on any atom is 0.130 e. The zero-order valence-electron chi connectivity index (χ0n) is 12.2. The lowest BCUT2D eigenvalue weighted by atomic mass is 10.1. The van der Waals surface area contributed by atoms with Gasteiger partial charge in [-0.05, 0) is 37.8 Å². The first kappa shape index (κ1) is 13.9. The Balaban J connectivity index is 2.31. The second kappa shape index (κ2) is 6.06. The molecule has 2 rings (SSSR count). The Morgan fingerprint density at radius 3 is 2.63 bits per heavy atom. The summed E-state index contributed by atoms with van der Waals surface area (Å²) in [5, 5.41) is 9.12. The highest BCUT2D eigenvalue weighted by Crippen LogP contribution is 2.28. The van der Waals surface area contributed by atoms with Gasteiger partial charge in [0.1, 0.15) is 5.82 Å². The quantitative estimate of drug-likeness (QED) is 0.826. The van der Waals surface area contributed by atoms with E-state index in [1.807, 2.05) is 19.1 Å². The van der Waals surface area contributed by atoms with E-state index in [9.17, 15) is 0 Å². The molecule has 102 valence electrons. The van der Waals surface area contributed by atoms with Crippen LogP contribution in [0.4, 0.5) is 5.82 Å². The largest absolute Gasteiger partial charge is 0.353 e. The minimum Gasteiger partial charge on any atom is -0.353 e. The maximum atomic E-state index is 9.12. The van der Waals surface area contributed by atoms with Gasteiger partial charge in [0.05, 0.1) is 11.6 Å². The Labute approximate surface area is 116 Å². The van der Waals surface area contributed by atoms with Gasteiger partial charge in [-0.1, -0.05) is 26.7 Å². The van der Waals surface area contributed by atoms with Gasteiger partial charge < -0.3 is 4.90 Å². The first-order valence-electron chi connectivity index (χ1n) is 7.25. The van der Waals surface area contributed by atoms with E-state index in [1.54, 1.807) is 0 Å². The first-order chi connectivity index (χ1) is 9.10. The van der Waals surface area contributed by atoms with Gasteiger partial charge in [-0.25, -0.2) is 4.98 Å². The zero-order valence-corrected chi connectivity index (χ0v) is 12.2. The predicted molar refractivity (Wildman–Crippen MR) is 78.1 cm³/mol. The average Bonchev–Trinajstić information content (AvgIpc) is 2.88. The number of nitriles is 1. The molecule has 1 heterocycles. The van der Waals surface area contributed by atoms with Crippen LogP contribution >= 0.6 is 0 Å². The van der Waals surface area contributed by atoms with E-state index in [2.05, 4.69) is 29.8 Å². The van der Waals surface area contributed by atoms with Crippen molar-refractivity contribution in [3.63, 3.8) is 0 Å². The number of rotatable bonds is 4. The number of pyridine rings is 1. The van der Waals surface area contributed by atoms with Gasteiger partial charge in [0.2, 0.25) is 0 Å². The summed E-state index contributed by atoms with van der Waals surface area (Å²) in [6.07, 6.45) is 5.14. The number of nitrogens with zero attached hydrogens (tertiary/aromatic N) is 3. The van der Waals surface area contributed by atoms with E-state index in [-0.39, 0.29) is 0 Å². The molecule has 0 unspecified atom stereocenters. The second-order valence-electron chi connectivity index (χ2n) is 5.95. The Hall–Kier alpha value is -1.56. The van der Waals surface area contributed by atoms with Crippen LogP contribution in [-0.2, 0) is 0 Å². The third-order valence-corrected chi connectivity index (χ3v) is 3.69. The van der Waals surface area contributed by atoms with E-state index in [0.29, 0.717) is 17.5 Å². The van der Waals surface area contributed by atoms with E-state index in [0.717, 1.165) is 18.1 Å². The molecule has 1 aliphatic carbocycles. The molecular formula is C16H23N3. The Morgan fingerprint density at radius 2 is 2.05 bits per heavy atom. The highest BCUT2D eigenvalue weighted by molar-refractivity contribution is 5.47. The summed E-state index contributed by atoms with van der Waals surface area (Å²) in [6, 6.07) is 6.63. The molecule has 1 fully saturated rings. The van der Waals surface area contributed by atoms with Crippen molar-refractivity contribution in [3.05, 3.63) is 23.4 Å². The smallest absolute Gasteiger partial charge is 0.130 e. The molecule has 0 amide bonds. The molecule has 19 heavy (non-hydrogen) atoms. The van der Waals surface area contributed by atoms with Crippen LogP contribution < -0.4 is 4.90 Å². The molecule has 1 aliphatic rings. The Bertz CT molecular complexity index is 467. The number of aryl methyl sites for hydroxylation is 1. The van der Waals surface area contributed by atoms with Crippen molar-refractivity contribution in [2.75, 3.05) is 11.4 Å². The number of aromatic nitrogens is 1. The summed E-state index contributed by atoms with van der Waals surface area (Å²) in [4.78, 5) is 7.08. The fourth-order valence-corrected chi connectivity index (χ4v) is 2.90. The van der Waals surface area contributed by atoms with Crippen LogP contribution in [0.25, 0.3) is 0 Å². The molecule has 1 saturated carbocycles. The van der Waals surface area contributed by atoms with Crippen molar-refractivity contribution in [3.8, 4) is 6.07 Å². The molecule has 0 saturated heterocycles. The summed E-state index contributed by atoms with van der Waals surface area (Å²) in [5.41, 5.74) is 1.65. The number of hydrogen-bond acceptors (Lipinski definition) is 3. The zero-order chi connectivity index (χ0) is 13.8. The van der Waals surface area contributed by atoms with Crippen molar-refractivity contribution in [1.82, 2.24) is 4.98 Å². The number of anilines is 1. The molecule has 0 bridgehead atoms. The molecule has 1 aromatic heterocycles. The summed E-state index contributed by atoms with van der Waals surface area (Å²) in [6.45, 7) is 7.46. The summed E-state index contributed by atoms with van der Waals surface area (Å²) in [7, 11) is 0. The molecule has 1 aromatic rings. The highest BCUT2D eigenvalue weighted by atomic mass is 15.2. The van der Waals surface area contributed by atoms with Crippen LogP contribution in [0.1, 0.15) is 50.8 Å². The molecule has 0 radical (unpaired) electrons. The van der Waals surface area contributed by atoms with Gasteiger partial charge in [0.15, 0.2) is 0 Å². The fourth-order valence-electron chi connectivity index (χ4n) is 2.90. The lowest BCUT2D eigenvalue weighted by Crippen LogP contribution is -2.37. The molecule has 0 aliphatic heterocycles. The van der Waals surface area contributed by atoms with Crippen LogP contribution in [0.5, 0.6) is 0 Å². The maximum absolute atomic E-state index is 9.12. The predicted octanol–water partition coefficient (Wildman–Crippen LogP) is 3.67. The summed E-state index contributed by atoms with van der Waals surface area (Å²) >= 11 is 0. The van der Waals surface area contributed by atoms with E-state index >= 15 is 0 Å². The van der Waals surface area contributed by atoms with E-state index in [1.165, 1.54) is 25.7 Å². The fraction of sp³-hybridized carbons (Fsp3) is 0.625. The topological polar surface area (TPSA) is 39.9 Å². The number of hydrogen-bond donors (Lipinski definition) is 0. The highest BCUT2D eigenvalue weighted by Gasteiger charge is 2.24. The summed E-state index contributed by atoms with van der Waals surface area (Å²) in [5.74, 6) is 1.59. The summed E-state index contributed by atoms with van der Waals surface area (Å²) < 4.78 is 0. The minimum absolute atomic E-state index is 0.600. The molecule has 0 N–H and O–H groups in total. The van der Waals surface area contributed by atoms with Crippen LogP contribution in [0.3, 0.4) is 0 Å². The van der Waals surface area contributed by atoms with Gasteiger partial charge >= 0.3 is 0 Å². The first-order valence-corrected chi connectivity index (χ1v) is 7.25. The van der Waals surface area contributed by atoms with Crippen molar-refractivity contribution < 1.29 is 0 Å². The van der Waals surface area contributed by atoms with Gasteiger partial charge in [0, 0.05) is 18.3 Å². The molecular weight excluding hydrogens is 234 g/mol. The lowest BCUT2D eigenvalue weighted by molar-refractivity contribution is 0.531. The Kier molecular flexibility index (Phi) is 4.42. The van der Waals surface area contributed by atoms with Crippen molar-refractivity contribution >= 4 is 5.82 Å².